The van der Waals surface area contributed by atoms with Crippen LogP contribution in [0.2, 0.25) is 0 Å². The summed E-state index contributed by atoms with van der Waals surface area (Å²) in [4.78, 5) is 11.4. The van der Waals surface area contributed by atoms with Gasteiger partial charge in [-0.05, 0) is 19.4 Å². The van der Waals surface area contributed by atoms with Gasteiger partial charge in [0, 0.05) is 6.54 Å². The number of amides is 1. The fraction of sp³-hybridized carbons (Fsp3) is 0.889. The molecule has 1 aliphatic heterocycles. The van der Waals surface area contributed by atoms with E-state index in [-0.39, 0.29) is 18.6 Å². The summed E-state index contributed by atoms with van der Waals surface area (Å²) in [5.74, 6) is 0.0240. The number of hydrogen-bond acceptors (Lipinski definition) is 3. The van der Waals surface area contributed by atoms with Crippen molar-refractivity contribution in [2.45, 2.75) is 31.7 Å². The van der Waals surface area contributed by atoms with Gasteiger partial charge in [0.15, 0.2) is 0 Å². The summed E-state index contributed by atoms with van der Waals surface area (Å²) >= 11 is 0. The molecule has 1 rings (SSSR count). The van der Waals surface area contributed by atoms with Crippen LogP contribution < -0.4 is 10.6 Å². The second-order valence-corrected chi connectivity index (χ2v) is 3.37. The Kier molecular flexibility index (Phi) is 4.78. The fourth-order valence-electron chi connectivity index (χ4n) is 1.55. The molecule has 76 valence electrons. The van der Waals surface area contributed by atoms with Crippen molar-refractivity contribution in [2.75, 3.05) is 19.7 Å². The summed E-state index contributed by atoms with van der Waals surface area (Å²) in [6.45, 7) is 1.30. The Bertz CT molecular complexity index is 154. The van der Waals surface area contributed by atoms with Gasteiger partial charge >= 0.3 is 0 Å². The van der Waals surface area contributed by atoms with Crippen molar-refractivity contribution < 1.29 is 9.90 Å². The van der Waals surface area contributed by atoms with Crippen LogP contribution in [0.25, 0.3) is 0 Å². The van der Waals surface area contributed by atoms with Gasteiger partial charge in [-0.3, -0.25) is 4.79 Å². The lowest BCUT2D eigenvalue weighted by atomic mass is 10.1. The summed E-state index contributed by atoms with van der Waals surface area (Å²) in [6.07, 6.45) is 4.39. The van der Waals surface area contributed by atoms with Crippen LogP contribution in [0.3, 0.4) is 0 Å². The van der Waals surface area contributed by atoms with E-state index in [1.54, 1.807) is 0 Å². The molecule has 3 N–H and O–H groups in total. The van der Waals surface area contributed by atoms with Gasteiger partial charge in [0.05, 0.1) is 12.6 Å². The monoisotopic (exact) mass is 186 g/mol. The molecule has 0 aromatic carbocycles. The van der Waals surface area contributed by atoms with Gasteiger partial charge < -0.3 is 15.7 Å². The zero-order valence-corrected chi connectivity index (χ0v) is 7.88. The molecule has 0 aliphatic carbocycles. The maximum absolute atomic E-state index is 11.4. The Morgan fingerprint density at radius 2 is 2.31 bits per heavy atom. The largest absolute Gasteiger partial charge is 0.395 e. The number of carbonyl (C=O) groups excluding carboxylic acids is 1. The summed E-state index contributed by atoms with van der Waals surface area (Å²) in [7, 11) is 0. The first-order chi connectivity index (χ1) is 6.34. The SMILES string of the molecule is O=C(NCCO)C1CCCCCN1. The van der Waals surface area contributed by atoms with E-state index in [2.05, 4.69) is 10.6 Å². The highest BCUT2D eigenvalue weighted by molar-refractivity contribution is 5.81. The second-order valence-electron chi connectivity index (χ2n) is 3.37. The number of hydrogen-bond donors (Lipinski definition) is 3. The van der Waals surface area contributed by atoms with E-state index in [4.69, 9.17) is 5.11 Å². The van der Waals surface area contributed by atoms with Gasteiger partial charge in [0.25, 0.3) is 0 Å². The Balaban J connectivity index is 2.26. The highest BCUT2D eigenvalue weighted by atomic mass is 16.3. The van der Waals surface area contributed by atoms with Gasteiger partial charge in [-0.25, -0.2) is 0 Å². The molecule has 1 aliphatic rings. The van der Waals surface area contributed by atoms with E-state index in [1.165, 1.54) is 6.42 Å². The third-order valence-corrected chi connectivity index (χ3v) is 2.29. The minimum absolute atomic E-state index is 0.0124. The maximum atomic E-state index is 11.4. The van der Waals surface area contributed by atoms with E-state index in [0.717, 1.165) is 25.8 Å². The highest BCUT2D eigenvalue weighted by Gasteiger charge is 2.18. The lowest BCUT2D eigenvalue weighted by Crippen LogP contribution is -2.44. The fourth-order valence-corrected chi connectivity index (χ4v) is 1.55. The summed E-state index contributed by atoms with van der Waals surface area (Å²) in [6, 6.07) is -0.0472. The van der Waals surface area contributed by atoms with Crippen molar-refractivity contribution in [3.05, 3.63) is 0 Å². The van der Waals surface area contributed by atoms with Crippen molar-refractivity contribution in [1.82, 2.24) is 10.6 Å². The first-order valence-corrected chi connectivity index (χ1v) is 4.96. The number of carbonyl (C=O) groups is 1. The van der Waals surface area contributed by atoms with Crippen molar-refractivity contribution in [1.29, 1.82) is 0 Å². The van der Waals surface area contributed by atoms with E-state index in [0.29, 0.717) is 6.54 Å². The number of aliphatic hydroxyl groups excluding tert-OH is 1. The summed E-state index contributed by atoms with van der Waals surface area (Å²) in [5, 5.41) is 14.4. The van der Waals surface area contributed by atoms with Crippen LogP contribution in [0.5, 0.6) is 0 Å². The smallest absolute Gasteiger partial charge is 0.237 e. The molecule has 0 spiro atoms. The Morgan fingerprint density at radius 3 is 3.08 bits per heavy atom. The van der Waals surface area contributed by atoms with Crippen molar-refractivity contribution in [2.24, 2.45) is 0 Å². The summed E-state index contributed by atoms with van der Waals surface area (Å²) in [5.41, 5.74) is 0. The number of nitrogens with one attached hydrogen (secondary N) is 2. The second kappa shape index (κ2) is 5.94. The van der Waals surface area contributed by atoms with Crippen LogP contribution in [-0.4, -0.2) is 36.8 Å². The molecule has 4 nitrogen and oxygen atoms in total. The van der Waals surface area contributed by atoms with Crippen LogP contribution in [0.1, 0.15) is 25.7 Å². The Labute approximate surface area is 78.7 Å². The van der Waals surface area contributed by atoms with Crippen molar-refractivity contribution in [3.63, 3.8) is 0 Å². The first-order valence-electron chi connectivity index (χ1n) is 4.96. The molecular weight excluding hydrogens is 168 g/mol. The molecule has 0 aromatic rings. The quantitative estimate of drug-likeness (QED) is 0.563. The Hall–Kier alpha value is -0.610. The number of rotatable bonds is 3. The lowest BCUT2D eigenvalue weighted by Gasteiger charge is -2.14. The van der Waals surface area contributed by atoms with Gasteiger partial charge in [-0.15, -0.1) is 0 Å². The first kappa shape index (κ1) is 10.5. The maximum Gasteiger partial charge on any atom is 0.237 e. The van der Waals surface area contributed by atoms with Gasteiger partial charge in [-0.1, -0.05) is 12.8 Å². The predicted octanol–water partition coefficient (Wildman–Crippen LogP) is -0.373. The standard InChI is InChI=1S/C9H18N2O2/c12-7-6-11-9(13)8-4-2-1-3-5-10-8/h8,10,12H,1-7H2,(H,11,13). The average Bonchev–Trinajstić information content (AvgIpc) is 2.42. The van der Waals surface area contributed by atoms with Crippen molar-refractivity contribution >= 4 is 5.91 Å². The minimum atomic E-state index is -0.0472. The predicted molar refractivity (Wildman–Crippen MR) is 50.4 cm³/mol. The Morgan fingerprint density at radius 1 is 1.46 bits per heavy atom. The molecule has 0 aromatic heterocycles. The summed E-state index contributed by atoms with van der Waals surface area (Å²) < 4.78 is 0. The molecule has 0 radical (unpaired) electrons. The van der Waals surface area contributed by atoms with Crippen LogP contribution >= 0.6 is 0 Å². The zero-order chi connectivity index (χ0) is 9.52. The van der Waals surface area contributed by atoms with E-state index in [1.807, 2.05) is 0 Å². The van der Waals surface area contributed by atoms with Gasteiger partial charge in [0.2, 0.25) is 5.91 Å². The molecule has 1 unspecified atom stereocenters. The van der Waals surface area contributed by atoms with E-state index in [9.17, 15) is 4.79 Å². The van der Waals surface area contributed by atoms with Crippen LogP contribution in [0, 0.1) is 0 Å². The molecule has 1 atom stereocenters. The molecule has 13 heavy (non-hydrogen) atoms. The molecule has 1 amide bonds. The molecule has 1 heterocycles. The van der Waals surface area contributed by atoms with Crippen LogP contribution in [0.15, 0.2) is 0 Å². The average molecular weight is 186 g/mol. The van der Waals surface area contributed by atoms with Crippen LogP contribution in [0.4, 0.5) is 0 Å². The van der Waals surface area contributed by atoms with Gasteiger partial charge in [0.1, 0.15) is 0 Å². The third kappa shape index (κ3) is 3.74. The normalized spacial score (nSPS) is 23.6. The minimum Gasteiger partial charge on any atom is -0.395 e. The van der Waals surface area contributed by atoms with Crippen LogP contribution in [-0.2, 0) is 4.79 Å². The van der Waals surface area contributed by atoms with Crippen molar-refractivity contribution in [3.8, 4) is 0 Å². The molecule has 1 saturated heterocycles. The third-order valence-electron chi connectivity index (χ3n) is 2.29. The van der Waals surface area contributed by atoms with Gasteiger partial charge in [-0.2, -0.15) is 0 Å². The van der Waals surface area contributed by atoms with E-state index < -0.39 is 0 Å². The lowest BCUT2D eigenvalue weighted by molar-refractivity contribution is -0.123. The molecule has 0 saturated carbocycles. The molecule has 0 bridgehead atoms. The highest BCUT2D eigenvalue weighted by Crippen LogP contribution is 2.07. The van der Waals surface area contributed by atoms with E-state index >= 15 is 0 Å². The molecular formula is C9H18N2O2. The molecule has 4 heteroatoms. The number of aliphatic hydroxyl groups is 1. The topological polar surface area (TPSA) is 61.4 Å². The zero-order valence-electron chi connectivity index (χ0n) is 7.88. The molecule has 1 fully saturated rings.